The second-order valence-electron chi connectivity index (χ2n) is 5.86. The van der Waals surface area contributed by atoms with Gasteiger partial charge in [0.2, 0.25) is 0 Å². The van der Waals surface area contributed by atoms with Crippen LogP contribution in [0.5, 0.6) is 5.75 Å². The highest BCUT2D eigenvalue weighted by Gasteiger charge is 2.13. The normalized spacial score (nSPS) is 12.1. The number of nitrogens with one attached hydrogen (secondary N) is 1. The van der Waals surface area contributed by atoms with E-state index in [1.165, 1.54) is 5.56 Å². The maximum atomic E-state index is 6.09. The molecule has 1 aromatic heterocycles. The Labute approximate surface area is 136 Å². The Kier molecular flexibility index (Phi) is 4.06. The Balaban J connectivity index is 1.81. The van der Waals surface area contributed by atoms with Crippen LogP contribution in [0.25, 0.3) is 11.3 Å². The fourth-order valence-corrected chi connectivity index (χ4v) is 2.48. The predicted octanol–water partition coefficient (Wildman–Crippen LogP) is 4.42. The van der Waals surface area contributed by atoms with Crippen LogP contribution in [0.2, 0.25) is 0 Å². The monoisotopic (exact) mass is 307 g/mol. The highest BCUT2D eigenvalue weighted by Crippen LogP contribution is 2.27. The number of anilines is 1. The van der Waals surface area contributed by atoms with Gasteiger partial charge in [0, 0.05) is 11.3 Å². The second-order valence-corrected chi connectivity index (χ2v) is 5.86. The van der Waals surface area contributed by atoms with Gasteiger partial charge in [0.15, 0.2) is 0 Å². The molecule has 1 unspecified atom stereocenters. The van der Waals surface area contributed by atoms with Crippen molar-refractivity contribution in [3.05, 3.63) is 65.4 Å². The second kappa shape index (κ2) is 6.16. The van der Waals surface area contributed by atoms with Crippen LogP contribution in [0.15, 0.2) is 48.5 Å². The molecule has 0 aliphatic carbocycles. The summed E-state index contributed by atoms with van der Waals surface area (Å²) < 4.78 is 6.09. The molecule has 4 nitrogen and oxygen atoms in total. The van der Waals surface area contributed by atoms with Crippen molar-refractivity contribution in [1.29, 1.82) is 0 Å². The molecule has 3 aromatic rings. The number of nitrogen functional groups attached to an aromatic ring is 1. The standard InChI is InChI=1S/C19H21N3O/c1-12-7-8-13(2)19(9-12)23-14(3)17-11-18(22-21-17)15-5-4-6-16(20)10-15/h4-11,14H,20H2,1-3H3,(H,21,22). The van der Waals surface area contributed by atoms with Gasteiger partial charge in [0.05, 0.1) is 11.4 Å². The number of nitrogens with zero attached hydrogens (tertiary/aromatic N) is 1. The van der Waals surface area contributed by atoms with Gasteiger partial charge in [-0.05, 0) is 56.2 Å². The third kappa shape index (κ3) is 3.37. The molecule has 0 aliphatic heterocycles. The van der Waals surface area contributed by atoms with Gasteiger partial charge in [-0.2, -0.15) is 5.10 Å². The van der Waals surface area contributed by atoms with Crippen LogP contribution in [0.4, 0.5) is 5.69 Å². The summed E-state index contributed by atoms with van der Waals surface area (Å²) in [6.45, 7) is 6.12. The van der Waals surface area contributed by atoms with Crippen LogP contribution in [0, 0.1) is 13.8 Å². The number of H-pyrrole nitrogens is 1. The van der Waals surface area contributed by atoms with Crippen LogP contribution in [0.1, 0.15) is 29.8 Å². The molecular formula is C19H21N3O. The molecule has 0 amide bonds. The number of ether oxygens (including phenoxy) is 1. The Morgan fingerprint density at radius 3 is 2.70 bits per heavy atom. The smallest absolute Gasteiger partial charge is 0.137 e. The van der Waals surface area contributed by atoms with Crippen molar-refractivity contribution in [3.8, 4) is 17.0 Å². The fourth-order valence-electron chi connectivity index (χ4n) is 2.48. The molecule has 3 rings (SSSR count). The number of aromatic nitrogens is 2. The zero-order valence-electron chi connectivity index (χ0n) is 13.6. The minimum atomic E-state index is -0.113. The average Bonchev–Trinajstić information content (AvgIpc) is 3.01. The van der Waals surface area contributed by atoms with Gasteiger partial charge >= 0.3 is 0 Å². The van der Waals surface area contributed by atoms with E-state index in [0.29, 0.717) is 0 Å². The molecule has 0 saturated heterocycles. The number of aryl methyl sites for hydroxylation is 2. The topological polar surface area (TPSA) is 63.9 Å². The van der Waals surface area contributed by atoms with Gasteiger partial charge in [-0.3, -0.25) is 5.10 Å². The Bertz CT molecular complexity index is 823. The summed E-state index contributed by atoms with van der Waals surface area (Å²) in [6, 6.07) is 15.9. The quantitative estimate of drug-likeness (QED) is 0.701. The number of nitrogens with two attached hydrogens (primary N) is 1. The third-order valence-corrected chi connectivity index (χ3v) is 3.87. The third-order valence-electron chi connectivity index (χ3n) is 3.87. The predicted molar refractivity (Wildman–Crippen MR) is 93.4 cm³/mol. The zero-order valence-corrected chi connectivity index (χ0v) is 13.6. The van der Waals surface area contributed by atoms with Crippen LogP contribution in [-0.2, 0) is 0 Å². The van der Waals surface area contributed by atoms with Gasteiger partial charge in [0.25, 0.3) is 0 Å². The number of hydrogen-bond donors (Lipinski definition) is 2. The fraction of sp³-hybridized carbons (Fsp3) is 0.211. The summed E-state index contributed by atoms with van der Waals surface area (Å²) in [7, 11) is 0. The molecule has 1 heterocycles. The molecule has 4 heteroatoms. The van der Waals surface area contributed by atoms with Gasteiger partial charge in [0.1, 0.15) is 11.9 Å². The zero-order chi connectivity index (χ0) is 16.4. The van der Waals surface area contributed by atoms with E-state index in [-0.39, 0.29) is 6.10 Å². The lowest BCUT2D eigenvalue weighted by molar-refractivity contribution is 0.220. The molecule has 23 heavy (non-hydrogen) atoms. The van der Waals surface area contributed by atoms with E-state index in [1.54, 1.807) is 0 Å². The van der Waals surface area contributed by atoms with Crippen LogP contribution < -0.4 is 10.5 Å². The molecule has 0 fully saturated rings. The number of aromatic amines is 1. The molecule has 0 spiro atoms. The highest BCUT2D eigenvalue weighted by atomic mass is 16.5. The van der Waals surface area contributed by atoms with Crippen LogP contribution in [-0.4, -0.2) is 10.2 Å². The van der Waals surface area contributed by atoms with Gasteiger partial charge in [-0.1, -0.05) is 24.3 Å². The molecule has 2 aromatic carbocycles. The molecule has 3 N–H and O–H groups in total. The Hall–Kier alpha value is -2.75. The number of benzene rings is 2. The first kappa shape index (κ1) is 15.2. The van der Waals surface area contributed by atoms with Gasteiger partial charge in [-0.15, -0.1) is 0 Å². The van der Waals surface area contributed by atoms with Crippen molar-refractivity contribution in [3.63, 3.8) is 0 Å². The average molecular weight is 307 g/mol. The summed E-state index contributed by atoms with van der Waals surface area (Å²) in [5, 5.41) is 7.43. The summed E-state index contributed by atoms with van der Waals surface area (Å²) in [5.41, 5.74) is 11.7. The molecule has 0 bridgehead atoms. The Morgan fingerprint density at radius 1 is 1.09 bits per heavy atom. The number of hydrogen-bond acceptors (Lipinski definition) is 3. The first-order chi connectivity index (χ1) is 11.0. The molecule has 118 valence electrons. The molecular weight excluding hydrogens is 286 g/mol. The van der Waals surface area contributed by atoms with Crippen molar-refractivity contribution in [2.24, 2.45) is 0 Å². The van der Waals surface area contributed by atoms with E-state index < -0.39 is 0 Å². The van der Waals surface area contributed by atoms with E-state index in [0.717, 1.165) is 34.0 Å². The first-order valence-corrected chi connectivity index (χ1v) is 7.68. The van der Waals surface area contributed by atoms with E-state index in [1.807, 2.05) is 44.2 Å². The van der Waals surface area contributed by atoms with Gasteiger partial charge < -0.3 is 10.5 Å². The lowest BCUT2D eigenvalue weighted by Gasteiger charge is -2.15. The minimum absolute atomic E-state index is 0.113. The minimum Gasteiger partial charge on any atom is -0.484 e. The Morgan fingerprint density at radius 2 is 1.91 bits per heavy atom. The lowest BCUT2D eigenvalue weighted by atomic mass is 10.1. The van der Waals surface area contributed by atoms with E-state index in [4.69, 9.17) is 10.5 Å². The largest absolute Gasteiger partial charge is 0.484 e. The lowest BCUT2D eigenvalue weighted by Crippen LogP contribution is -2.04. The maximum Gasteiger partial charge on any atom is 0.137 e. The first-order valence-electron chi connectivity index (χ1n) is 7.68. The van der Waals surface area contributed by atoms with Crippen molar-refractivity contribution in [2.75, 3.05) is 5.73 Å². The summed E-state index contributed by atoms with van der Waals surface area (Å²) in [5.74, 6) is 0.901. The molecule has 0 radical (unpaired) electrons. The van der Waals surface area contributed by atoms with E-state index >= 15 is 0 Å². The van der Waals surface area contributed by atoms with Crippen LogP contribution >= 0.6 is 0 Å². The summed E-state index contributed by atoms with van der Waals surface area (Å²) >= 11 is 0. The summed E-state index contributed by atoms with van der Waals surface area (Å²) in [4.78, 5) is 0. The van der Waals surface area contributed by atoms with E-state index in [2.05, 4.69) is 35.3 Å². The van der Waals surface area contributed by atoms with Crippen molar-refractivity contribution in [1.82, 2.24) is 10.2 Å². The molecule has 1 atom stereocenters. The van der Waals surface area contributed by atoms with Crippen LogP contribution in [0.3, 0.4) is 0 Å². The van der Waals surface area contributed by atoms with Crippen molar-refractivity contribution >= 4 is 5.69 Å². The molecule has 0 saturated carbocycles. The van der Waals surface area contributed by atoms with Gasteiger partial charge in [-0.25, -0.2) is 0 Å². The number of rotatable bonds is 4. The molecule has 0 aliphatic rings. The van der Waals surface area contributed by atoms with E-state index in [9.17, 15) is 0 Å². The summed E-state index contributed by atoms with van der Waals surface area (Å²) in [6.07, 6.45) is -0.113. The van der Waals surface area contributed by atoms with Crippen molar-refractivity contribution in [2.45, 2.75) is 26.9 Å². The SMILES string of the molecule is Cc1ccc(C)c(OC(C)c2cc(-c3cccc(N)c3)n[nH]2)c1. The highest BCUT2D eigenvalue weighted by molar-refractivity contribution is 5.64. The maximum absolute atomic E-state index is 6.09. The van der Waals surface area contributed by atoms with Crippen molar-refractivity contribution < 1.29 is 4.74 Å².